The van der Waals surface area contributed by atoms with Gasteiger partial charge in [0.15, 0.2) is 5.11 Å². The molecule has 1 N–H and O–H groups in total. The van der Waals surface area contributed by atoms with Crippen molar-refractivity contribution in [3.63, 3.8) is 0 Å². The van der Waals surface area contributed by atoms with Crippen molar-refractivity contribution >= 4 is 52.5 Å². The van der Waals surface area contributed by atoms with E-state index in [-0.39, 0.29) is 16.3 Å². The third-order valence-electron chi connectivity index (χ3n) is 4.96. The number of nitrogens with zero attached hydrogens (tertiary/aromatic N) is 1. The van der Waals surface area contributed by atoms with Gasteiger partial charge in [-0.25, -0.2) is 0 Å². The lowest BCUT2D eigenvalue weighted by atomic mass is 9.93. The van der Waals surface area contributed by atoms with Crippen LogP contribution >= 0.6 is 23.8 Å². The van der Waals surface area contributed by atoms with Gasteiger partial charge < -0.3 is 4.74 Å². The molecule has 2 amide bonds. The molecule has 0 aromatic heterocycles. The van der Waals surface area contributed by atoms with Gasteiger partial charge in [-0.2, -0.15) is 0 Å². The molecule has 0 radical (unpaired) electrons. The number of rotatable bonds is 2. The fraction of sp³-hybridized carbons (Fsp3) is 0.227. The molecule has 0 atom stereocenters. The van der Waals surface area contributed by atoms with Crippen LogP contribution in [-0.4, -0.2) is 22.5 Å². The molecule has 0 bridgehead atoms. The molecule has 7 heteroatoms. The minimum Gasteiger partial charge on any atom is -0.488 e. The van der Waals surface area contributed by atoms with Crippen molar-refractivity contribution in [1.29, 1.82) is 0 Å². The van der Waals surface area contributed by atoms with E-state index < -0.39 is 11.8 Å². The van der Waals surface area contributed by atoms with E-state index in [9.17, 15) is 9.59 Å². The molecule has 2 aromatic carbocycles. The summed E-state index contributed by atoms with van der Waals surface area (Å²) in [6, 6.07) is 12.4. The van der Waals surface area contributed by atoms with Gasteiger partial charge in [-0.15, -0.1) is 0 Å². The zero-order chi connectivity index (χ0) is 20.8. The summed E-state index contributed by atoms with van der Waals surface area (Å²) in [5.41, 5.74) is 2.19. The Morgan fingerprint density at radius 3 is 2.62 bits per heavy atom. The third kappa shape index (κ3) is 3.91. The standard InChI is InChI=1S/C22H19ClN2O3S/c1-22(2)10-9-14-11-13(3-8-18(14)28-22)12-17-19(26)24-21(29)25(20(17)27)16-6-4-15(23)5-7-16/h3-8,11-12H,9-10H2,1-2H3,(H,24,26,29)/b17-12-. The first-order valence-corrected chi connectivity index (χ1v) is 10.0. The normalized spacial score (nSPS) is 19.6. The molecular formula is C22H19ClN2O3S. The van der Waals surface area contributed by atoms with Crippen LogP contribution in [0.25, 0.3) is 6.08 Å². The van der Waals surface area contributed by atoms with Crippen LogP contribution in [-0.2, 0) is 16.0 Å². The maximum absolute atomic E-state index is 13.1. The number of nitrogens with one attached hydrogen (secondary N) is 1. The molecule has 29 heavy (non-hydrogen) atoms. The summed E-state index contributed by atoms with van der Waals surface area (Å²) in [5, 5.41) is 3.17. The Morgan fingerprint density at radius 1 is 1.17 bits per heavy atom. The Morgan fingerprint density at radius 2 is 1.90 bits per heavy atom. The summed E-state index contributed by atoms with van der Waals surface area (Å²) >= 11 is 11.1. The van der Waals surface area contributed by atoms with Crippen molar-refractivity contribution in [2.45, 2.75) is 32.3 Å². The number of anilines is 1. The maximum Gasteiger partial charge on any atom is 0.270 e. The highest BCUT2D eigenvalue weighted by atomic mass is 35.5. The van der Waals surface area contributed by atoms with E-state index in [4.69, 9.17) is 28.6 Å². The predicted molar refractivity (Wildman–Crippen MR) is 117 cm³/mol. The number of hydrogen-bond acceptors (Lipinski definition) is 4. The Hall–Kier alpha value is -2.70. The second-order valence-corrected chi connectivity index (χ2v) is 8.49. The fourth-order valence-electron chi connectivity index (χ4n) is 3.42. The lowest BCUT2D eigenvalue weighted by Crippen LogP contribution is -2.54. The average molecular weight is 427 g/mol. The zero-order valence-corrected chi connectivity index (χ0v) is 17.6. The Labute approximate surface area is 179 Å². The van der Waals surface area contributed by atoms with Crippen LogP contribution in [0.15, 0.2) is 48.0 Å². The van der Waals surface area contributed by atoms with Crippen LogP contribution in [0.5, 0.6) is 5.75 Å². The Bertz CT molecular complexity index is 1060. The van der Waals surface area contributed by atoms with Gasteiger partial charge in [0, 0.05) is 5.02 Å². The summed E-state index contributed by atoms with van der Waals surface area (Å²) in [6.45, 7) is 4.12. The van der Waals surface area contributed by atoms with E-state index in [1.807, 2.05) is 18.2 Å². The lowest BCUT2D eigenvalue weighted by molar-refractivity contribution is -0.122. The SMILES string of the molecule is CC1(C)CCc2cc(/C=C3/C(=O)NC(=S)N(c4ccc(Cl)cc4)C3=O)ccc2O1. The Balaban J connectivity index is 1.67. The van der Waals surface area contributed by atoms with E-state index in [0.717, 1.165) is 29.7 Å². The number of thiocarbonyl (C=S) groups is 1. The number of hydrogen-bond donors (Lipinski definition) is 1. The fourth-order valence-corrected chi connectivity index (χ4v) is 3.82. The average Bonchev–Trinajstić information content (AvgIpc) is 2.66. The van der Waals surface area contributed by atoms with Gasteiger partial charge in [-0.3, -0.25) is 19.8 Å². The first-order chi connectivity index (χ1) is 13.7. The van der Waals surface area contributed by atoms with Crippen molar-refractivity contribution in [3.8, 4) is 5.75 Å². The summed E-state index contributed by atoms with van der Waals surface area (Å²) < 4.78 is 6.00. The monoisotopic (exact) mass is 426 g/mol. The molecule has 0 saturated carbocycles. The van der Waals surface area contributed by atoms with Gasteiger partial charge in [-0.05, 0) is 92.5 Å². The summed E-state index contributed by atoms with van der Waals surface area (Å²) in [7, 11) is 0. The second-order valence-electron chi connectivity index (χ2n) is 7.66. The largest absolute Gasteiger partial charge is 0.488 e. The van der Waals surface area contributed by atoms with Crippen LogP contribution in [0.3, 0.4) is 0 Å². The van der Waals surface area contributed by atoms with Gasteiger partial charge in [0.1, 0.15) is 16.9 Å². The first-order valence-electron chi connectivity index (χ1n) is 9.22. The van der Waals surface area contributed by atoms with Gasteiger partial charge in [-0.1, -0.05) is 17.7 Å². The van der Waals surface area contributed by atoms with Crippen molar-refractivity contribution in [3.05, 3.63) is 64.2 Å². The van der Waals surface area contributed by atoms with Crippen LogP contribution in [0, 0.1) is 0 Å². The van der Waals surface area contributed by atoms with E-state index >= 15 is 0 Å². The maximum atomic E-state index is 13.1. The van der Waals surface area contributed by atoms with E-state index in [1.165, 1.54) is 4.90 Å². The number of halogens is 1. The van der Waals surface area contributed by atoms with Crippen LogP contribution in [0.1, 0.15) is 31.4 Å². The molecule has 2 aliphatic rings. The zero-order valence-electron chi connectivity index (χ0n) is 16.0. The molecule has 148 valence electrons. The van der Waals surface area contributed by atoms with Crippen LogP contribution < -0.4 is 15.0 Å². The number of aryl methyl sites for hydroxylation is 1. The molecule has 0 spiro atoms. The van der Waals surface area contributed by atoms with Crippen molar-refractivity contribution in [2.24, 2.45) is 0 Å². The third-order valence-corrected chi connectivity index (χ3v) is 5.50. The lowest BCUT2D eigenvalue weighted by Gasteiger charge is -2.32. The summed E-state index contributed by atoms with van der Waals surface area (Å²) in [5.74, 6) is -0.150. The molecule has 0 aliphatic carbocycles. The van der Waals surface area contributed by atoms with Crippen LogP contribution in [0.4, 0.5) is 5.69 Å². The number of carbonyl (C=O) groups is 2. The number of carbonyl (C=O) groups excluding carboxylic acids is 2. The van der Waals surface area contributed by atoms with Gasteiger partial charge >= 0.3 is 0 Å². The van der Waals surface area contributed by atoms with E-state index in [2.05, 4.69) is 19.2 Å². The van der Waals surface area contributed by atoms with Crippen molar-refractivity contribution < 1.29 is 14.3 Å². The number of amides is 2. The topological polar surface area (TPSA) is 58.6 Å². The number of fused-ring (bicyclic) bond motifs is 1. The molecule has 2 aromatic rings. The molecule has 2 heterocycles. The Kier molecular flexibility index (Phi) is 4.92. The summed E-state index contributed by atoms with van der Waals surface area (Å²) in [6.07, 6.45) is 3.36. The smallest absolute Gasteiger partial charge is 0.270 e. The number of ether oxygens (including phenoxy) is 1. The minimum absolute atomic E-state index is 0.0190. The van der Waals surface area contributed by atoms with Crippen LogP contribution in [0.2, 0.25) is 5.02 Å². The quantitative estimate of drug-likeness (QED) is 0.442. The van der Waals surface area contributed by atoms with Gasteiger partial charge in [0.25, 0.3) is 11.8 Å². The summed E-state index contributed by atoms with van der Waals surface area (Å²) in [4.78, 5) is 26.8. The predicted octanol–water partition coefficient (Wildman–Crippen LogP) is 4.27. The second kappa shape index (κ2) is 7.28. The van der Waals surface area contributed by atoms with Gasteiger partial charge in [0.05, 0.1) is 5.69 Å². The molecule has 4 rings (SSSR count). The van der Waals surface area contributed by atoms with Gasteiger partial charge in [0.2, 0.25) is 0 Å². The first kappa shape index (κ1) is 19.6. The molecular weight excluding hydrogens is 408 g/mol. The van der Waals surface area contributed by atoms with Crippen molar-refractivity contribution in [2.75, 3.05) is 4.90 Å². The highest BCUT2D eigenvalue weighted by Gasteiger charge is 2.34. The van der Waals surface area contributed by atoms with E-state index in [1.54, 1.807) is 30.3 Å². The molecule has 0 unspecified atom stereocenters. The minimum atomic E-state index is -0.514. The molecule has 5 nitrogen and oxygen atoms in total. The van der Waals surface area contributed by atoms with E-state index in [0.29, 0.717) is 10.7 Å². The highest BCUT2D eigenvalue weighted by molar-refractivity contribution is 7.80. The molecule has 2 aliphatic heterocycles. The van der Waals surface area contributed by atoms with Crippen molar-refractivity contribution in [1.82, 2.24) is 5.32 Å². The molecule has 1 saturated heterocycles. The highest BCUT2D eigenvalue weighted by Crippen LogP contribution is 2.34. The molecule has 1 fully saturated rings. The number of benzene rings is 2.